The molecule has 0 spiro atoms. The summed E-state index contributed by atoms with van der Waals surface area (Å²) in [7, 11) is 0. The molecule has 0 saturated carbocycles. The third-order valence-electron chi connectivity index (χ3n) is 2.45. The summed E-state index contributed by atoms with van der Waals surface area (Å²) < 4.78 is 1.09. The lowest BCUT2D eigenvalue weighted by atomic mass is 10.1. The van der Waals surface area contributed by atoms with Gasteiger partial charge in [-0.3, -0.25) is 5.10 Å². The molecule has 17 heavy (non-hydrogen) atoms. The Balaban J connectivity index is 2.10. The van der Waals surface area contributed by atoms with Gasteiger partial charge in [-0.1, -0.05) is 28.1 Å². The number of benzene rings is 1. The molecule has 4 nitrogen and oxygen atoms in total. The summed E-state index contributed by atoms with van der Waals surface area (Å²) in [5.41, 5.74) is 8.81. The van der Waals surface area contributed by atoms with Gasteiger partial charge in [-0.2, -0.15) is 5.10 Å². The molecule has 90 valence electrons. The van der Waals surface area contributed by atoms with Crippen LogP contribution in [-0.4, -0.2) is 23.3 Å². The van der Waals surface area contributed by atoms with Gasteiger partial charge in [-0.05, 0) is 17.7 Å². The van der Waals surface area contributed by atoms with Crippen molar-refractivity contribution in [2.75, 3.05) is 18.4 Å². The van der Waals surface area contributed by atoms with Crippen LogP contribution in [0, 0.1) is 0 Å². The number of hydrogen-bond donors (Lipinski definition) is 3. The minimum absolute atomic E-state index is 0.613. The maximum Gasteiger partial charge on any atom is 0.0760 e. The lowest BCUT2D eigenvalue weighted by Gasteiger charge is -2.05. The smallest absolute Gasteiger partial charge is 0.0760 e. The first-order chi connectivity index (χ1) is 8.29. The number of aromatic amines is 1. The zero-order valence-corrected chi connectivity index (χ0v) is 11.0. The third kappa shape index (κ3) is 3.31. The van der Waals surface area contributed by atoms with Gasteiger partial charge in [0.15, 0.2) is 0 Å². The summed E-state index contributed by atoms with van der Waals surface area (Å²) in [5, 5.41) is 10.3. The van der Waals surface area contributed by atoms with E-state index in [9.17, 15) is 0 Å². The third-order valence-corrected chi connectivity index (χ3v) is 2.94. The Bertz CT molecular complexity index is 481. The van der Waals surface area contributed by atoms with Crippen LogP contribution >= 0.6 is 15.9 Å². The van der Waals surface area contributed by atoms with Gasteiger partial charge in [-0.15, -0.1) is 0 Å². The molecular formula is C12H15BrN4. The molecule has 1 aromatic carbocycles. The van der Waals surface area contributed by atoms with Gasteiger partial charge < -0.3 is 11.1 Å². The van der Waals surface area contributed by atoms with E-state index in [0.717, 1.165) is 28.8 Å². The van der Waals surface area contributed by atoms with E-state index in [0.29, 0.717) is 6.54 Å². The molecule has 2 rings (SSSR count). The minimum Gasteiger partial charge on any atom is -0.381 e. The number of hydrogen-bond acceptors (Lipinski definition) is 3. The zero-order valence-electron chi connectivity index (χ0n) is 9.41. The molecule has 4 N–H and O–H groups in total. The highest BCUT2D eigenvalue weighted by Gasteiger charge is 2.05. The second kappa shape index (κ2) is 5.84. The SMILES string of the molecule is NCCNc1cn[nH]c1Cc1cccc(Br)c1. The molecule has 0 aliphatic heterocycles. The van der Waals surface area contributed by atoms with Gasteiger partial charge in [-0.25, -0.2) is 0 Å². The molecule has 0 unspecified atom stereocenters. The first-order valence-electron chi connectivity index (χ1n) is 5.50. The highest BCUT2D eigenvalue weighted by Crippen LogP contribution is 2.18. The number of H-pyrrole nitrogens is 1. The van der Waals surface area contributed by atoms with Gasteiger partial charge in [0, 0.05) is 24.0 Å². The molecular weight excluding hydrogens is 280 g/mol. The first-order valence-corrected chi connectivity index (χ1v) is 6.29. The second-order valence-electron chi connectivity index (χ2n) is 3.78. The zero-order chi connectivity index (χ0) is 12.1. The topological polar surface area (TPSA) is 66.7 Å². The number of nitrogens with two attached hydrogens (primary N) is 1. The van der Waals surface area contributed by atoms with Crippen molar-refractivity contribution in [1.82, 2.24) is 10.2 Å². The molecule has 0 atom stereocenters. The lowest BCUT2D eigenvalue weighted by Crippen LogP contribution is -2.13. The molecule has 0 bridgehead atoms. The Morgan fingerprint density at radius 3 is 3.06 bits per heavy atom. The van der Waals surface area contributed by atoms with E-state index in [4.69, 9.17) is 5.73 Å². The summed E-state index contributed by atoms with van der Waals surface area (Å²) in [6, 6.07) is 8.25. The van der Waals surface area contributed by atoms with Crippen LogP contribution in [0.3, 0.4) is 0 Å². The summed E-state index contributed by atoms with van der Waals surface area (Å²) in [6.45, 7) is 1.37. The van der Waals surface area contributed by atoms with E-state index in [1.807, 2.05) is 12.1 Å². The Kier molecular flexibility index (Phi) is 4.17. The van der Waals surface area contributed by atoms with E-state index in [-0.39, 0.29) is 0 Å². The molecule has 0 saturated heterocycles. The van der Waals surface area contributed by atoms with Gasteiger partial charge in [0.2, 0.25) is 0 Å². The Morgan fingerprint density at radius 1 is 1.41 bits per heavy atom. The summed E-state index contributed by atoms with van der Waals surface area (Å²) >= 11 is 3.47. The Hall–Kier alpha value is -1.33. The standard InChI is InChI=1S/C12H15BrN4/c13-10-3-1-2-9(6-10)7-11-12(8-16-17-11)15-5-4-14/h1-3,6,8,15H,4-5,7,14H2,(H,16,17). The van der Waals surface area contributed by atoms with E-state index >= 15 is 0 Å². The predicted octanol–water partition coefficient (Wildman–Crippen LogP) is 2.13. The van der Waals surface area contributed by atoms with Crippen LogP contribution in [0.5, 0.6) is 0 Å². The Labute approximate surface area is 109 Å². The predicted molar refractivity (Wildman–Crippen MR) is 73.1 cm³/mol. The van der Waals surface area contributed by atoms with Gasteiger partial charge in [0.05, 0.1) is 17.6 Å². The van der Waals surface area contributed by atoms with E-state index < -0.39 is 0 Å². The van der Waals surface area contributed by atoms with Crippen molar-refractivity contribution in [3.63, 3.8) is 0 Å². The fourth-order valence-electron chi connectivity index (χ4n) is 1.66. The van der Waals surface area contributed by atoms with E-state index in [1.165, 1.54) is 5.56 Å². The van der Waals surface area contributed by atoms with Crippen LogP contribution in [0.25, 0.3) is 0 Å². The summed E-state index contributed by atoms with van der Waals surface area (Å²) in [5.74, 6) is 0. The van der Waals surface area contributed by atoms with E-state index in [1.54, 1.807) is 6.20 Å². The number of halogens is 1. The fraction of sp³-hybridized carbons (Fsp3) is 0.250. The molecule has 0 amide bonds. The molecule has 5 heteroatoms. The highest BCUT2D eigenvalue weighted by molar-refractivity contribution is 9.10. The van der Waals surface area contributed by atoms with Crippen molar-refractivity contribution in [1.29, 1.82) is 0 Å². The van der Waals surface area contributed by atoms with Crippen LogP contribution < -0.4 is 11.1 Å². The second-order valence-corrected chi connectivity index (χ2v) is 4.70. The summed E-state index contributed by atoms with van der Waals surface area (Å²) in [4.78, 5) is 0. The minimum atomic E-state index is 0.613. The summed E-state index contributed by atoms with van der Waals surface area (Å²) in [6.07, 6.45) is 2.62. The van der Waals surface area contributed by atoms with Crippen LogP contribution in [0.2, 0.25) is 0 Å². The van der Waals surface area contributed by atoms with Crippen molar-refractivity contribution in [3.8, 4) is 0 Å². The van der Waals surface area contributed by atoms with Gasteiger partial charge in [0.1, 0.15) is 0 Å². The average molecular weight is 295 g/mol. The molecule has 1 heterocycles. The number of anilines is 1. The molecule has 2 aromatic rings. The van der Waals surface area contributed by atoms with Crippen LogP contribution in [0.15, 0.2) is 34.9 Å². The van der Waals surface area contributed by atoms with Crippen molar-refractivity contribution in [2.45, 2.75) is 6.42 Å². The van der Waals surface area contributed by atoms with Gasteiger partial charge in [0.25, 0.3) is 0 Å². The molecule has 0 aliphatic rings. The molecule has 0 aliphatic carbocycles. The molecule has 0 fully saturated rings. The van der Waals surface area contributed by atoms with Gasteiger partial charge >= 0.3 is 0 Å². The number of rotatable bonds is 5. The van der Waals surface area contributed by atoms with E-state index in [2.05, 4.69) is 43.6 Å². The highest BCUT2D eigenvalue weighted by atomic mass is 79.9. The quantitative estimate of drug-likeness (QED) is 0.791. The average Bonchev–Trinajstić information content (AvgIpc) is 2.74. The largest absolute Gasteiger partial charge is 0.381 e. The normalized spacial score (nSPS) is 10.5. The number of aromatic nitrogens is 2. The van der Waals surface area contributed by atoms with Crippen molar-refractivity contribution >= 4 is 21.6 Å². The number of nitrogens with one attached hydrogen (secondary N) is 2. The van der Waals surface area contributed by atoms with Crippen LogP contribution in [0.4, 0.5) is 5.69 Å². The molecule has 1 aromatic heterocycles. The lowest BCUT2D eigenvalue weighted by molar-refractivity contribution is 0.987. The Morgan fingerprint density at radius 2 is 2.29 bits per heavy atom. The first kappa shape index (κ1) is 12.1. The van der Waals surface area contributed by atoms with Crippen molar-refractivity contribution in [3.05, 3.63) is 46.2 Å². The van der Waals surface area contributed by atoms with Crippen LogP contribution in [0.1, 0.15) is 11.3 Å². The maximum absolute atomic E-state index is 5.47. The number of nitrogens with zero attached hydrogens (tertiary/aromatic N) is 1. The maximum atomic E-state index is 5.47. The fourth-order valence-corrected chi connectivity index (χ4v) is 2.10. The van der Waals surface area contributed by atoms with Crippen molar-refractivity contribution < 1.29 is 0 Å². The van der Waals surface area contributed by atoms with Crippen LogP contribution in [-0.2, 0) is 6.42 Å². The van der Waals surface area contributed by atoms with Crippen molar-refractivity contribution in [2.24, 2.45) is 5.73 Å². The monoisotopic (exact) mass is 294 g/mol. The molecule has 0 radical (unpaired) electrons.